The fourth-order valence-corrected chi connectivity index (χ4v) is 3.77. The number of carbonyl (C=O) groups is 1. The number of nitrogens with zero attached hydrogens (tertiary/aromatic N) is 4. The number of benzene rings is 1. The Labute approximate surface area is 205 Å². The maximum Gasteiger partial charge on any atom is 0.410 e. The van der Waals surface area contributed by atoms with Crippen molar-refractivity contribution in [1.29, 1.82) is 0 Å². The van der Waals surface area contributed by atoms with Gasteiger partial charge < -0.3 is 20.3 Å². The van der Waals surface area contributed by atoms with Gasteiger partial charge in [0.2, 0.25) is 5.95 Å². The topological polar surface area (TPSA) is 91.7 Å². The summed E-state index contributed by atoms with van der Waals surface area (Å²) in [7, 11) is 0. The third kappa shape index (κ3) is 7.10. The number of likely N-dealkylation sites (tertiary alicyclic amines) is 1. The van der Waals surface area contributed by atoms with Crippen molar-refractivity contribution in [1.82, 2.24) is 14.9 Å². The molecule has 190 valence electrons. The molecule has 1 amide bonds. The van der Waals surface area contributed by atoms with Crippen LogP contribution in [0.25, 0.3) is 11.3 Å². The van der Waals surface area contributed by atoms with Crippen molar-refractivity contribution in [2.75, 3.05) is 23.7 Å². The molecule has 1 fully saturated rings. The first-order valence-electron chi connectivity index (χ1n) is 11.8. The number of nitrogens with one attached hydrogen (secondary N) is 2. The van der Waals surface area contributed by atoms with E-state index in [-0.39, 0.29) is 41.1 Å². The van der Waals surface area contributed by atoms with Crippen LogP contribution in [0.5, 0.6) is 0 Å². The van der Waals surface area contributed by atoms with Gasteiger partial charge in [0.25, 0.3) is 0 Å². The Kier molecular flexibility index (Phi) is 8.24. The number of hydrogen-bond acceptors (Lipinski definition) is 7. The van der Waals surface area contributed by atoms with Gasteiger partial charge in [0, 0.05) is 37.0 Å². The molecule has 35 heavy (non-hydrogen) atoms. The summed E-state index contributed by atoms with van der Waals surface area (Å²) in [6.07, 6.45) is 3.57. The van der Waals surface area contributed by atoms with E-state index in [1.807, 2.05) is 34.6 Å². The van der Waals surface area contributed by atoms with E-state index in [9.17, 15) is 13.6 Å². The fourth-order valence-electron chi connectivity index (χ4n) is 3.77. The summed E-state index contributed by atoms with van der Waals surface area (Å²) in [5.74, 6) is -0.991. The van der Waals surface area contributed by atoms with Crippen molar-refractivity contribution in [3.63, 3.8) is 0 Å². The lowest BCUT2D eigenvalue weighted by molar-refractivity contribution is 0.0210. The molecule has 0 bridgehead atoms. The number of aliphatic imine (C=N–C) groups is 1. The fraction of sp³-hybridized carbons (Fsp3) is 0.520. The molecule has 0 atom stereocenters. The van der Waals surface area contributed by atoms with Crippen LogP contribution in [-0.4, -0.2) is 57.9 Å². The number of amides is 1. The largest absolute Gasteiger partial charge is 0.444 e. The predicted molar refractivity (Wildman–Crippen MR) is 134 cm³/mol. The molecule has 0 unspecified atom stereocenters. The zero-order valence-corrected chi connectivity index (χ0v) is 21.2. The number of piperidine rings is 1. The lowest BCUT2D eigenvalue weighted by Crippen LogP contribution is -2.44. The summed E-state index contributed by atoms with van der Waals surface area (Å²) in [6, 6.07) is 2.89. The summed E-state index contributed by atoms with van der Waals surface area (Å²) in [6.45, 7) is 12.1. The predicted octanol–water partition coefficient (Wildman–Crippen LogP) is 5.78. The number of aromatic nitrogens is 2. The Morgan fingerprint density at radius 1 is 1.23 bits per heavy atom. The van der Waals surface area contributed by atoms with E-state index in [0.717, 1.165) is 6.20 Å². The molecule has 1 aliphatic rings. The highest BCUT2D eigenvalue weighted by Gasteiger charge is 2.27. The van der Waals surface area contributed by atoms with E-state index < -0.39 is 17.2 Å². The van der Waals surface area contributed by atoms with Gasteiger partial charge in [-0.2, -0.15) is 0 Å². The zero-order chi connectivity index (χ0) is 25.8. The molecule has 0 aliphatic carbocycles. The van der Waals surface area contributed by atoms with E-state index >= 15 is 0 Å². The molecule has 1 saturated heterocycles. The van der Waals surface area contributed by atoms with E-state index in [1.54, 1.807) is 17.9 Å². The third-order valence-electron chi connectivity index (χ3n) is 5.26. The Bertz CT molecular complexity index is 1080. The van der Waals surface area contributed by atoms with Crippen molar-refractivity contribution in [3.05, 3.63) is 30.0 Å². The molecule has 2 N–H and O–H groups in total. The first kappa shape index (κ1) is 26.3. The van der Waals surface area contributed by atoms with Gasteiger partial charge >= 0.3 is 6.09 Å². The number of rotatable bonds is 6. The van der Waals surface area contributed by atoms with Crippen LogP contribution in [-0.2, 0) is 4.74 Å². The first-order valence-corrected chi connectivity index (χ1v) is 11.8. The van der Waals surface area contributed by atoms with Crippen molar-refractivity contribution in [2.45, 2.75) is 72.1 Å². The summed E-state index contributed by atoms with van der Waals surface area (Å²) in [5.41, 5.74) is 0.342. The Hall–Kier alpha value is -3.30. The van der Waals surface area contributed by atoms with E-state index in [2.05, 4.69) is 25.6 Å². The SMILES string of the molecule is CC=Nc1c(F)cc(-c2nc(NC3CCN(C(=O)OC(C)(C)C)CC3)ncc2F)cc1NC(C)C. The second kappa shape index (κ2) is 11.0. The van der Waals surface area contributed by atoms with Gasteiger partial charge in [-0.3, -0.25) is 4.99 Å². The van der Waals surface area contributed by atoms with Gasteiger partial charge in [0.05, 0.1) is 11.9 Å². The van der Waals surface area contributed by atoms with Gasteiger partial charge in [-0.25, -0.2) is 23.5 Å². The van der Waals surface area contributed by atoms with Gasteiger partial charge in [-0.05, 0) is 66.5 Å². The minimum atomic E-state index is -0.656. The molecule has 0 saturated carbocycles. The van der Waals surface area contributed by atoms with Crippen molar-refractivity contribution in [3.8, 4) is 11.3 Å². The van der Waals surface area contributed by atoms with Crippen LogP contribution >= 0.6 is 0 Å². The minimum absolute atomic E-state index is 0.00294. The number of anilines is 2. The summed E-state index contributed by atoms with van der Waals surface area (Å²) in [4.78, 5) is 26.5. The number of carbonyl (C=O) groups excluding carboxylic acids is 1. The Balaban J connectivity index is 1.77. The Morgan fingerprint density at radius 2 is 1.91 bits per heavy atom. The molecule has 10 heteroatoms. The molecular formula is C25H34F2N6O2. The number of ether oxygens (including phenoxy) is 1. The van der Waals surface area contributed by atoms with Crippen LogP contribution < -0.4 is 10.6 Å². The van der Waals surface area contributed by atoms with Crippen LogP contribution in [0.15, 0.2) is 23.3 Å². The number of hydrogen-bond donors (Lipinski definition) is 2. The van der Waals surface area contributed by atoms with Crippen LogP contribution in [0.1, 0.15) is 54.4 Å². The van der Waals surface area contributed by atoms with Crippen LogP contribution in [0.4, 0.5) is 30.9 Å². The van der Waals surface area contributed by atoms with Crippen LogP contribution in [0.2, 0.25) is 0 Å². The highest BCUT2D eigenvalue weighted by molar-refractivity contribution is 5.78. The molecule has 1 aromatic heterocycles. The van der Waals surface area contributed by atoms with Crippen LogP contribution in [0, 0.1) is 11.6 Å². The molecule has 1 aromatic carbocycles. The van der Waals surface area contributed by atoms with Gasteiger partial charge in [0.15, 0.2) is 11.6 Å². The summed E-state index contributed by atoms with van der Waals surface area (Å²) >= 11 is 0. The van der Waals surface area contributed by atoms with Crippen molar-refractivity contribution < 1.29 is 18.3 Å². The van der Waals surface area contributed by atoms with E-state index in [4.69, 9.17) is 4.74 Å². The monoisotopic (exact) mass is 488 g/mol. The third-order valence-corrected chi connectivity index (χ3v) is 5.26. The lowest BCUT2D eigenvalue weighted by atomic mass is 10.1. The van der Waals surface area contributed by atoms with Crippen molar-refractivity contribution >= 4 is 29.6 Å². The normalized spacial score (nSPS) is 15.1. The lowest BCUT2D eigenvalue weighted by Gasteiger charge is -2.33. The van der Waals surface area contributed by atoms with Gasteiger partial charge in [0.1, 0.15) is 17.0 Å². The first-order chi connectivity index (χ1) is 16.5. The second-order valence-electron chi connectivity index (χ2n) is 9.82. The molecule has 2 aromatic rings. The number of halogens is 2. The molecule has 0 radical (unpaired) electrons. The summed E-state index contributed by atoms with van der Waals surface area (Å²) in [5, 5.41) is 6.38. The highest BCUT2D eigenvalue weighted by atomic mass is 19.1. The highest BCUT2D eigenvalue weighted by Crippen LogP contribution is 2.35. The van der Waals surface area contributed by atoms with Gasteiger partial charge in [-0.1, -0.05) is 0 Å². The zero-order valence-electron chi connectivity index (χ0n) is 21.2. The van der Waals surface area contributed by atoms with E-state index in [1.165, 1.54) is 12.3 Å². The van der Waals surface area contributed by atoms with Crippen molar-refractivity contribution in [2.24, 2.45) is 4.99 Å². The molecule has 0 spiro atoms. The smallest absolute Gasteiger partial charge is 0.410 e. The molecule has 8 nitrogen and oxygen atoms in total. The standard InChI is InChI=1S/C25H34F2N6O2/c1-7-28-22-18(26)12-16(13-20(22)30-15(2)3)21-19(27)14-29-23(32-21)31-17-8-10-33(11-9-17)24(34)35-25(4,5)6/h7,12-15,17,30H,8-11H2,1-6H3,(H,29,31,32). The second-order valence-corrected chi connectivity index (χ2v) is 9.82. The summed E-state index contributed by atoms with van der Waals surface area (Å²) < 4.78 is 35.0. The molecule has 1 aliphatic heterocycles. The average molecular weight is 489 g/mol. The molecule has 2 heterocycles. The van der Waals surface area contributed by atoms with E-state index in [0.29, 0.717) is 31.6 Å². The maximum atomic E-state index is 14.9. The maximum absolute atomic E-state index is 14.9. The van der Waals surface area contributed by atoms with Crippen LogP contribution in [0.3, 0.4) is 0 Å². The molecular weight excluding hydrogens is 454 g/mol. The van der Waals surface area contributed by atoms with Gasteiger partial charge in [-0.15, -0.1) is 0 Å². The quantitative estimate of drug-likeness (QED) is 0.501. The minimum Gasteiger partial charge on any atom is -0.444 e. The Morgan fingerprint density at radius 3 is 2.51 bits per heavy atom. The molecule has 3 rings (SSSR count). The average Bonchev–Trinajstić information content (AvgIpc) is 2.76.